The fraction of sp³-hybridized carbons (Fsp3) is 0.222. The Balaban J connectivity index is 0.00000144. The molecule has 1 aliphatic rings. The number of rotatable bonds is 3. The third kappa shape index (κ3) is 2.70. The van der Waals surface area contributed by atoms with Crippen LogP contribution >= 0.6 is 0 Å². The molecule has 0 amide bonds. The SMILES string of the molecule is Cc1ccccc1S(=O)(=O)N1OC1C(=O)O.[NaH]. The monoisotopic (exact) mass is 267 g/mol. The van der Waals surface area contributed by atoms with Gasteiger partial charge in [0.05, 0.1) is 4.90 Å². The van der Waals surface area contributed by atoms with Gasteiger partial charge in [-0.3, -0.25) is 0 Å². The van der Waals surface area contributed by atoms with E-state index in [4.69, 9.17) is 5.11 Å². The van der Waals surface area contributed by atoms with Crippen molar-refractivity contribution >= 4 is 45.5 Å². The van der Waals surface area contributed by atoms with E-state index in [1.165, 1.54) is 6.07 Å². The molecule has 88 valence electrons. The molecular weight excluding hydrogens is 257 g/mol. The number of carboxylic acid groups (broad SMARTS) is 1. The molecule has 6 nitrogen and oxygen atoms in total. The van der Waals surface area contributed by atoms with Gasteiger partial charge in [0, 0.05) is 0 Å². The van der Waals surface area contributed by atoms with E-state index in [2.05, 4.69) is 4.84 Å². The molecule has 8 heteroatoms. The summed E-state index contributed by atoms with van der Waals surface area (Å²) in [6, 6.07) is 6.31. The van der Waals surface area contributed by atoms with Gasteiger partial charge in [-0.2, -0.15) is 0 Å². The second kappa shape index (κ2) is 5.05. The Morgan fingerprint density at radius 2 is 2.00 bits per heavy atom. The van der Waals surface area contributed by atoms with E-state index in [-0.39, 0.29) is 34.5 Å². The summed E-state index contributed by atoms with van der Waals surface area (Å²) >= 11 is 0. The number of aryl methyl sites for hydroxylation is 1. The molecule has 0 saturated carbocycles. The Morgan fingerprint density at radius 3 is 2.47 bits per heavy atom. The van der Waals surface area contributed by atoms with Gasteiger partial charge in [0.25, 0.3) is 16.3 Å². The average molecular weight is 267 g/mol. The van der Waals surface area contributed by atoms with Crippen molar-refractivity contribution in [1.29, 1.82) is 0 Å². The summed E-state index contributed by atoms with van der Waals surface area (Å²) in [6.07, 6.45) is -1.40. The number of nitrogens with zero attached hydrogens (tertiary/aromatic N) is 1. The topological polar surface area (TPSA) is 87.0 Å². The minimum absolute atomic E-state index is 0. The Bertz CT molecular complexity index is 544. The van der Waals surface area contributed by atoms with Crippen LogP contribution in [0, 0.1) is 6.92 Å². The molecule has 0 bridgehead atoms. The van der Waals surface area contributed by atoms with Crippen LogP contribution in [-0.4, -0.2) is 59.7 Å². The van der Waals surface area contributed by atoms with Gasteiger partial charge in [-0.25, -0.2) is 18.0 Å². The fourth-order valence-corrected chi connectivity index (χ4v) is 2.79. The standard InChI is InChI=1S/C9H9NO5S.Na.H/c1-6-4-2-3-5-7(6)16(13,14)10-8(15-10)9(11)12;;/h2-5,8H,1H3,(H,11,12);;. The number of benzene rings is 1. The zero-order valence-corrected chi connectivity index (χ0v) is 9.14. The summed E-state index contributed by atoms with van der Waals surface area (Å²) in [5.41, 5.74) is 0.544. The summed E-state index contributed by atoms with van der Waals surface area (Å²) in [6.45, 7) is 1.63. The first-order valence-corrected chi connectivity index (χ1v) is 5.88. The van der Waals surface area contributed by atoms with Crippen LogP contribution < -0.4 is 0 Å². The minimum atomic E-state index is -3.86. The molecule has 1 fully saturated rings. The van der Waals surface area contributed by atoms with Crippen LogP contribution in [0.2, 0.25) is 0 Å². The normalized spacial score (nSPS) is 22.6. The molecule has 0 spiro atoms. The summed E-state index contributed by atoms with van der Waals surface area (Å²) in [4.78, 5) is 15.1. The van der Waals surface area contributed by atoms with Crippen LogP contribution in [-0.2, 0) is 19.7 Å². The molecule has 1 aromatic carbocycles. The number of hydrogen-bond acceptors (Lipinski definition) is 4. The summed E-state index contributed by atoms with van der Waals surface area (Å²) in [5, 5.41) is 8.57. The van der Waals surface area contributed by atoms with E-state index in [0.717, 1.165) is 0 Å². The Hall–Kier alpha value is -0.440. The number of carbonyl (C=O) groups is 1. The molecule has 1 aliphatic heterocycles. The quantitative estimate of drug-likeness (QED) is 0.600. The van der Waals surface area contributed by atoms with Crippen molar-refractivity contribution in [2.24, 2.45) is 0 Å². The van der Waals surface area contributed by atoms with E-state index in [9.17, 15) is 13.2 Å². The predicted octanol–water partition coefficient (Wildman–Crippen LogP) is -0.307. The summed E-state index contributed by atoms with van der Waals surface area (Å²) in [7, 11) is -3.86. The van der Waals surface area contributed by atoms with Gasteiger partial charge in [0.2, 0.25) is 0 Å². The average Bonchev–Trinajstić information content (AvgIpc) is 2.97. The Kier molecular flexibility index (Phi) is 4.34. The molecule has 2 atom stereocenters. The van der Waals surface area contributed by atoms with Crippen molar-refractivity contribution in [3.63, 3.8) is 0 Å². The molecule has 17 heavy (non-hydrogen) atoms. The van der Waals surface area contributed by atoms with E-state index in [1.54, 1.807) is 25.1 Å². The van der Waals surface area contributed by atoms with Crippen molar-refractivity contribution in [2.45, 2.75) is 18.0 Å². The zero-order valence-electron chi connectivity index (χ0n) is 8.32. The summed E-state index contributed by atoms with van der Waals surface area (Å²) in [5.74, 6) is -1.32. The first-order valence-electron chi connectivity index (χ1n) is 4.44. The molecule has 1 aromatic rings. The first-order chi connectivity index (χ1) is 7.44. The van der Waals surface area contributed by atoms with Gasteiger partial charge in [0.15, 0.2) is 0 Å². The maximum atomic E-state index is 11.9. The van der Waals surface area contributed by atoms with Gasteiger partial charge < -0.3 is 5.11 Å². The van der Waals surface area contributed by atoms with Crippen molar-refractivity contribution in [3.05, 3.63) is 29.8 Å². The van der Waals surface area contributed by atoms with Gasteiger partial charge in [0.1, 0.15) is 0 Å². The van der Waals surface area contributed by atoms with E-state index in [0.29, 0.717) is 10.0 Å². The van der Waals surface area contributed by atoms with Crippen molar-refractivity contribution in [1.82, 2.24) is 4.47 Å². The number of aliphatic carboxylic acids is 1. The first kappa shape index (κ1) is 14.6. The van der Waals surface area contributed by atoms with E-state index < -0.39 is 22.2 Å². The van der Waals surface area contributed by atoms with Gasteiger partial charge >= 0.3 is 35.5 Å². The maximum absolute atomic E-state index is 11.9. The van der Waals surface area contributed by atoms with Gasteiger partial charge in [-0.1, -0.05) is 18.2 Å². The molecule has 1 N–H and O–H groups in total. The molecule has 0 aromatic heterocycles. The van der Waals surface area contributed by atoms with Gasteiger partial charge in [-0.05, 0) is 23.0 Å². The fourth-order valence-electron chi connectivity index (χ4n) is 1.33. The van der Waals surface area contributed by atoms with Crippen molar-refractivity contribution < 1.29 is 23.2 Å². The third-order valence-electron chi connectivity index (χ3n) is 2.17. The van der Waals surface area contributed by atoms with Crippen molar-refractivity contribution in [2.75, 3.05) is 0 Å². The molecule has 1 heterocycles. The molecule has 0 radical (unpaired) electrons. The van der Waals surface area contributed by atoms with Crippen LogP contribution in [0.4, 0.5) is 0 Å². The molecular formula is C9H10NNaO5S. The molecule has 2 unspecified atom stereocenters. The Labute approximate surface area is 120 Å². The predicted molar refractivity (Wildman–Crippen MR) is 59.9 cm³/mol. The number of hydrogen-bond donors (Lipinski definition) is 1. The van der Waals surface area contributed by atoms with Crippen LogP contribution in [0.5, 0.6) is 0 Å². The molecule has 1 saturated heterocycles. The van der Waals surface area contributed by atoms with E-state index in [1.807, 2.05) is 0 Å². The second-order valence-electron chi connectivity index (χ2n) is 3.32. The van der Waals surface area contributed by atoms with Gasteiger partial charge in [-0.15, -0.1) is 0 Å². The summed E-state index contributed by atoms with van der Waals surface area (Å²) < 4.78 is 24.2. The third-order valence-corrected chi connectivity index (χ3v) is 3.93. The second-order valence-corrected chi connectivity index (χ2v) is 5.07. The van der Waals surface area contributed by atoms with Crippen LogP contribution in [0.15, 0.2) is 29.2 Å². The van der Waals surface area contributed by atoms with Crippen LogP contribution in [0.3, 0.4) is 0 Å². The van der Waals surface area contributed by atoms with Crippen LogP contribution in [0.1, 0.15) is 5.56 Å². The number of hydroxylamine groups is 1. The van der Waals surface area contributed by atoms with Crippen molar-refractivity contribution in [3.8, 4) is 0 Å². The zero-order chi connectivity index (χ0) is 11.9. The van der Waals surface area contributed by atoms with Crippen LogP contribution in [0.25, 0.3) is 0 Å². The Morgan fingerprint density at radius 1 is 1.41 bits per heavy atom. The number of sulfonamides is 1. The van der Waals surface area contributed by atoms with E-state index >= 15 is 0 Å². The molecule has 2 rings (SSSR count). The number of carboxylic acids is 1. The molecule has 0 aliphatic carbocycles.